The molecular formula is C15H21ClN2O. The molecule has 1 aliphatic rings. The molecule has 0 bridgehead atoms. The van der Waals surface area contributed by atoms with Crippen LogP contribution in [0.15, 0.2) is 18.2 Å². The predicted octanol–water partition coefficient (Wildman–Crippen LogP) is 3.46. The first-order valence-corrected chi connectivity index (χ1v) is 7.27. The number of hydrogen-bond acceptors (Lipinski definition) is 2. The second-order valence-corrected chi connectivity index (χ2v) is 5.65. The zero-order chi connectivity index (χ0) is 13.8. The van der Waals surface area contributed by atoms with Gasteiger partial charge in [-0.15, -0.1) is 0 Å². The molecule has 0 aromatic heterocycles. The van der Waals surface area contributed by atoms with Crippen molar-refractivity contribution in [2.24, 2.45) is 0 Å². The second kappa shape index (κ2) is 6.29. The summed E-state index contributed by atoms with van der Waals surface area (Å²) in [6.07, 6.45) is 3.47. The molecular weight excluding hydrogens is 260 g/mol. The summed E-state index contributed by atoms with van der Waals surface area (Å²) in [5, 5.41) is 3.96. The topological polar surface area (TPSA) is 32.3 Å². The number of nitrogens with one attached hydrogen (secondary N) is 1. The normalized spacial score (nSPS) is 17.1. The zero-order valence-corrected chi connectivity index (χ0v) is 12.3. The van der Waals surface area contributed by atoms with E-state index in [0.717, 1.165) is 37.2 Å². The molecule has 1 aliphatic heterocycles. The summed E-state index contributed by atoms with van der Waals surface area (Å²) in [5.41, 5.74) is 2.04. The molecule has 0 aliphatic carbocycles. The van der Waals surface area contributed by atoms with E-state index < -0.39 is 0 Å². The van der Waals surface area contributed by atoms with Gasteiger partial charge in [0, 0.05) is 23.8 Å². The minimum Gasteiger partial charge on any atom is -0.374 e. The molecule has 2 rings (SSSR count). The van der Waals surface area contributed by atoms with Gasteiger partial charge in [0.1, 0.15) is 6.04 Å². The summed E-state index contributed by atoms with van der Waals surface area (Å²) < 4.78 is 0. The number of piperidine rings is 1. The molecule has 1 amide bonds. The number of aryl methyl sites for hydroxylation is 1. The van der Waals surface area contributed by atoms with Crippen molar-refractivity contribution in [2.45, 2.75) is 39.2 Å². The van der Waals surface area contributed by atoms with Crippen molar-refractivity contribution in [1.29, 1.82) is 0 Å². The summed E-state index contributed by atoms with van der Waals surface area (Å²) in [6, 6.07) is 5.48. The molecule has 1 N–H and O–H groups in total. The van der Waals surface area contributed by atoms with Crippen molar-refractivity contribution in [2.75, 3.05) is 18.4 Å². The van der Waals surface area contributed by atoms with E-state index in [1.807, 2.05) is 36.9 Å². The van der Waals surface area contributed by atoms with Crippen molar-refractivity contribution in [1.82, 2.24) is 4.90 Å². The smallest absolute Gasteiger partial charge is 0.244 e. The van der Waals surface area contributed by atoms with E-state index in [0.29, 0.717) is 5.02 Å². The van der Waals surface area contributed by atoms with Crippen molar-refractivity contribution in [3.8, 4) is 0 Å². The number of carbonyl (C=O) groups is 1. The molecule has 1 unspecified atom stereocenters. The molecule has 19 heavy (non-hydrogen) atoms. The van der Waals surface area contributed by atoms with Crippen LogP contribution < -0.4 is 5.32 Å². The van der Waals surface area contributed by atoms with E-state index >= 15 is 0 Å². The van der Waals surface area contributed by atoms with Crippen LogP contribution in [0.5, 0.6) is 0 Å². The van der Waals surface area contributed by atoms with Crippen LogP contribution in [0.2, 0.25) is 5.02 Å². The Kier molecular flexibility index (Phi) is 4.70. The monoisotopic (exact) mass is 280 g/mol. The van der Waals surface area contributed by atoms with E-state index in [-0.39, 0.29) is 11.9 Å². The average Bonchev–Trinajstić information content (AvgIpc) is 2.43. The van der Waals surface area contributed by atoms with Crippen LogP contribution in [-0.4, -0.2) is 29.9 Å². The van der Waals surface area contributed by atoms with Crippen LogP contribution in [0.25, 0.3) is 0 Å². The molecule has 104 valence electrons. The van der Waals surface area contributed by atoms with E-state index in [4.69, 9.17) is 11.6 Å². The molecule has 0 radical (unpaired) electrons. The third-order valence-corrected chi connectivity index (χ3v) is 3.84. The molecule has 1 aromatic carbocycles. The molecule has 4 heteroatoms. The van der Waals surface area contributed by atoms with Gasteiger partial charge < -0.3 is 10.2 Å². The highest BCUT2D eigenvalue weighted by atomic mass is 35.5. The minimum atomic E-state index is -0.213. The quantitative estimate of drug-likeness (QED) is 0.920. The lowest BCUT2D eigenvalue weighted by molar-refractivity contribution is -0.132. The Labute approximate surface area is 119 Å². The van der Waals surface area contributed by atoms with E-state index in [9.17, 15) is 4.79 Å². The van der Waals surface area contributed by atoms with Gasteiger partial charge in [-0.2, -0.15) is 0 Å². The molecule has 1 aromatic rings. The van der Waals surface area contributed by atoms with Gasteiger partial charge in [0.2, 0.25) is 5.91 Å². The first kappa shape index (κ1) is 14.2. The number of likely N-dealkylation sites (tertiary alicyclic amines) is 1. The van der Waals surface area contributed by atoms with Gasteiger partial charge in [-0.3, -0.25) is 4.79 Å². The first-order chi connectivity index (χ1) is 9.08. The van der Waals surface area contributed by atoms with Crippen molar-refractivity contribution < 1.29 is 4.79 Å². The van der Waals surface area contributed by atoms with Gasteiger partial charge in [-0.05, 0) is 50.8 Å². The van der Waals surface area contributed by atoms with Gasteiger partial charge in [0.25, 0.3) is 0 Å². The van der Waals surface area contributed by atoms with Crippen LogP contribution in [0.3, 0.4) is 0 Å². The van der Waals surface area contributed by atoms with Crippen molar-refractivity contribution in [3.05, 3.63) is 28.8 Å². The Morgan fingerprint density at radius 1 is 1.32 bits per heavy atom. The third-order valence-electron chi connectivity index (χ3n) is 3.61. The highest BCUT2D eigenvalue weighted by Gasteiger charge is 2.22. The number of benzene rings is 1. The molecule has 3 nitrogen and oxygen atoms in total. The Balaban J connectivity index is 2.01. The Bertz CT molecular complexity index is 455. The molecule has 1 fully saturated rings. The summed E-state index contributed by atoms with van der Waals surface area (Å²) in [4.78, 5) is 14.3. The fraction of sp³-hybridized carbons (Fsp3) is 0.533. The zero-order valence-electron chi connectivity index (χ0n) is 11.6. The molecule has 0 spiro atoms. The highest BCUT2D eigenvalue weighted by molar-refractivity contribution is 6.30. The molecule has 1 heterocycles. The number of halogens is 1. The standard InChI is InChI=1S/C15H21ClN2O/c1-11-6-7-13(16)10-14(11)17-12(2)15(19)18-8-4-3-5-9-18/h6-7,10,12,17H,3-5,8-9H2,1-2H3. The maximum atomic E-state index is 12.3. The van der Waals surface area contributed by atoms with Crippen molar-refractivity contribution in [3.63, 3.8) is 0 Å². The first-order valence-electron chi connectivity index (χ1n) is 6.89. The predicted molar refractivity (Wildman–Crippen MR) is 79.7 cm³/mol. The molecule has 1 saturated heterocycles. The fourth-order valence-electron chi connectivity index (χ4n) is 2.43. The number of carbonyl (C=O) groups excluding carboxylic acids is 1. The van der Waals surface area contributed by atoms with Gasteiger partial charge in [0.05, 0.1) is 0 Å². The maximum Gasteiger partial charge on any atom is 0.244 e. The van der Waals surface area contributed by atoms with Gasteiger partial charge >= 0.3 is 0 Å². The summed E-state index contributed by atoms with van der Waals surface area (Å²) in [7, 11) is 0. The lowest BCUT2D eigenvalue weighted by Crippen LogP contribution is -2.43. The lowest BCUT2D eigenvalue weighted by Gasteiger charge is -2.30. The highest BCUT2D eigenvalue weighted by Crippen LogP contribution is 2.21. The lowest BCUT2D eigenvalue weighted by atomic mass is 10.1. The third kappa shape index (κ3) is 3.63. The van der Waals surface area contributed by atoms with E-state index in [1.165, 1.54) is 6.42 Å². The van der Waals surface area contributed by atoms with Crippen LogP contribution in [0.4, 0.5) is 5.69 Å². The maximum absolute atomic E-state index is 12.3. The van der Waals surface area contributed by atoms with Gasteiger partial charge in [-0.25, -0.2) is 0 Å². The van der Waals surface area contributed by atoms with E-state index in [2.05, 4.69) is 5.32 Å². The minimum absolute atomic E-state index is 0.180. The number of amides is 1. The summed E-state index contributed by atoms with van der Waals surface area (Å²) in [6.45, 7) is 5.70. The fourth-order valence-corrected chi connectivity index (χ4v) is 2.60. The van der Waals surface area contributed by atoms with Crippen LogP contribution in [0, 0.1) is 6.92 Å². The molecule has 1 atom stereocenters. The second-order valence-electron chi connectivity index (χ2n) is 5.21. The van der Waals surface area contributed by atoms with Gasteiger partial charge in [-0.1, -0.05) is 17.7 Å². The van der Waals surface area contributed by atoms with Crippen LogP contribution >= 0.6 is 11.6 Å². The Hall–Kier alpha value is -1.22. The number of rotatable bonds is 3. The number of nitrogens with zero attached hydrogens (tertiary/aromatic N) is 1. The van der Waals surface area contributed by atoms with Crippen LogP contribution in [0.1, 0.15) is 31.7 Å². The van der Waals surface area contributed by atoms with Crippen LogP contribution in [-0.2, 0) is 4.79 Å². The average molecular weight is 281 g/mol. The number of anilines is 1. The van der Waals surface area contributed by atoms with Crippen molar-refractivity contribution >= 4 is 23.2 Å². The largest absolute Gasteiger partial charge is 0.374 e. The summed E-state index contributed by atoms with van der Waals surface area (Å²) in [5.74, 6) is 0.180. The summed E-state index contributed by atoms with van der Waals surface area (Å²) >= 11 is 5.99. The number of hydrogen-bond donors (Lipinski definition) is 1. The van der Waals surface area contributed by atoms with E-state index in [1.54, 1.807) is 0 Å². The Morgan fingerprint density at radius 2 is 2.00 bits per heavy atom. The van der Waals surface area contributed by atoms with Gasteiger partial charge in [0.15, 0.2) is 0 Å². The molecule has 0 saturated carbocycles. The SMILES string of the molecule is Cc1ccc(Cl)cc1NC(C)C(=O)N1CCCCC1. The Morgan fingerprint density at radius 3 is 2.68 bits per heavy atom.